The number of hydrogen-bond acceptors (Lipinski definition) is 5. The Kier molecular flexibility index (Phi) is 4.77. The van der Waals surface area contributed by atoms with E-state index in [-0.39, 0.29) is 16.8 Å². The number of pyridine rings is 1. The molecule has 0 unspecified atom stereocenters. The summed E-state index contributed by atoms with van der Waals surface area (Å²) >= 11 is 0. The quantitative estimate of drug-likeness (QED) is 0.388. The minimum Gasteiger partial charge on any atom is -0.355 e. The zero-order valence-corrected chi connectivity index (χ0v) is 20.8. The molecule has 2 fully saturated rings. The highest BCUT2D eigenvalue weighted by Crippen LogP contribution is 2.65. The number of aromatic nitrogens is 5. The van der Waals surface area contributed by atoms with Gasteiger partial charge in [0.1, 0.15) is 17.2 Å². The number of benzene rings is 2. The molecule has 37 heavy (non-hydrogen) atoms. The van der Waals surface area contributed by atoms with Crippen LogP contribution in [0.5, 0.6) is 0 Å². The molecule has 7 nitrogen and oxygen atoms in total. The number of fused-ring (bicyclic) bond motifs is 3. The van der Waals surface area contributed by atoms with Gasteiger partial charge < -0.3 is 9.47 Å². The van der Waals surface area contributed by atoms with Crippen molar-refractivity contribution in [3.05, 3.63) is 82.5 Å². The van der Waals surface area contributed by atoms with Gasteiger partial charge in [-0.3, -0.25) is 9.89 Å². The first kappa shape index (κ1) is 22.2. The predicted molar refractivity (Wildman–Crippen MR) is 142 cm³/mol. The molecular weight excluding hydrogens is 467 g/mol. The van der Waals surface area contributed by atoms with Crippen molar-refractivity contribution in [2.24, 2.45) is 18.9 Å². The van der Waals surface area contributed by atoms with E-state index in [1.165, 1.54) is 0 Å². The smallest absolute Gasteiger partial charge is 0.250 e. The lowest BCUT2D eigenvalue weighted by Crippen LogP contribution is -2.32. The molecule has 0 amide bonds. The van der Waals surface area contributed by atoms with Crippen LogP contribution in [-0.2, 0) is 12.5 Å². The van der Waals surface area contributed by atoms with Gasteiger partial charge in [-0.1, -0.05) is 37.3 Å². The van der Waals surface area contributed by atoms with Crippen molar-refractivity contribution in [2.45, 2.75) is 25.2 Å². The average Bonchev–Trinajstić information content (AvgIpc) is 3.39. The van der Waals surface area contributed by atoms with Gasteiger partial charge in [-0.05, 0) is 48.4 Å². The summed E-state index contributed by atoms with van der Waals surface area (Å²) in [7, 11) is 1.77. The van der Waals surface area contributed by atoms with E-state index in [0.29, 0.717) is 23.0 Å². The maximum atomic E-state index is 14.8. The molecule has 0 spiro atoms. The summed E-state index contributed by atoms with van der Waals surface area (Å²) in [6.07, 6.45) is 3.76. The van der Waals surface area contributed by atoms with E-state index >= 15 is 0 Å². The van der Waals surface area contributed by atoms with Crippen LogP contribution in [0.1, 0.15) is 25.3 Å². The van der Waals surface area contributed by atoms with Crippen molar-refractivity contribution >= 4 is 27.9 Å². The Hall–Kier alpha value is -4.07. The second-order valence-electron chi connectivity index (χ2n) is 10.3. The second kappa shape index (κ2) is 7.96. The van der Waals surface area contributed by atoms with Gasteiger partial charge in [0.2, 0.25) is 5.65 Å². The molecule has 2 aliphatic rings. The van der Waals surface area contributed by atoms with Crippen LogP contribution < -0.4 is 10.5 Å². The third kappa shape index (κ3) is 3.11. The Balaban J connectivity index is 1.22. The van der Waals surface area contributed by atoms with Gasteiger partial charge in [0.15, 0.2) is 0 Å². The van der Waals surface area contributed by atoms with Crippen LogP contribution >= 0.6 is 0 Å². The fourth-order valence-corrected chi connectivity index (χ4v) is 6.89. The lowest BCUT2D eigenvalue weighted by atomic mass is 9.88. The fourth-order valence-electron chi connectivity index (χ4n) is 6.89. The normalized spacial score (nSPS) is 22.9. The molecule has 3 atom stereocenters. The van der Waals surface area contributed by atoms with Gasteiger partial charge in [0, 0.05) is 42.6 Å². The molecule has 1 N–H and O–H groups in total. The van der Waals surface area contributed by atoms with Crippen molar-refractivity contribution in [3.8, 4) is 11.3 Å². The molecule has 1 aliphatic heterocycles. The number of nitrogens with one attached hydrogen (secondary N) is 1. The van der Waals surface area contributed by atoms with Crippen molar-refractivity contribution < 1.29 is 4.39 Å². The van der Waals surface area contributed by atoms with E-state index in [2.05, 4.69) is 22.0 Å². The lowest BCUT2D eigenvalue weighted by Gasteiger charge is -2.26. The number of aromatic amines is 1. The van der Waals surface area contributed by atoms with Crippen molar-refractivity contribution in [1.29, 1.82) is 0 Å². The number of halogens is 1. The molecule has 1 saturated carbocycles. The van der Waals surface area contributed by atoms with Crippen LogP contribution in [-0.4, -0.2) is 37.8 Å². The second-order valence-corrected chi connectivity index (χ2v) is 10.3. The first-order valence-electron chi connectivity index (χ1n) is 12.8. The fraction of sp³-hybridized carbons (Fsp3) is 0.310. The zero-order chi connectivity index (χ0) is 25.3. The summed E-state index contributed by atoms with van der Waals surface area (Å²) < 4.78 is 16.4. The van der Waals surface area contributed by atoms with Gasteiger partial charge in [0.05, 0.1) is 17.4 Å². The number of H-pyrrole nitrogens is 1. The van der Waals surface area contributed by atoms with E-state index in [0.717, 1.165) is 59.5 Å². The largest absolute Gasteiger partial charge is 0.355 e. The Morgan fingerprint density at radius 3 is 2.81 bits per heavy atom. The van der Waals surface area contributed by atoms with Crippen molar-refractivity contribution in [3.63, 3.8) is 0 Å². The Morgan fingerprint density at radius 1 is 1.11 bits per heavy atom. The molecule has 8 heteroatoms. The van der Waals surface area contributed by atoms with E-state index < -0.39 is 0 Å². The van der Waals surface area contributed by atoms with E-state index in [1.807, 2.05) is 42.6 Å². The number of hydrogen-bond donors (Lipinski definition) is 1. The molecule has 1 aliphatic carbocycles. The van der Waals surface area contributed by atoms with E-state index in [4.69, 9.17) is 9.97 Å². The number of nitrogens with zero attached hydrogens (tertiary/aromatic N) is 5. The summed E-state index contributed by atoms with van der Waals surface area (Å²) in [6.45, 7) is 3.88. The van der Waals surface area contributed by atoms with Crippen LogP contribution in [0.15, 0.2) is 65.6 Å². The third-order valence-corrected chi connectivity index (χ3v) is 8.80. The molecular formula is C29H27FN6O. The van der Waals surface area contributed by atoms with Crippen LogP contribution in [0.2, 0.25) is 0 Å². The molecule has 7 rings (SSSR count). The van der Waals surface area contributed by atoms with Crippen LogP contribution in [0.4, 0.5) is 10.2 Å². The molecule has 0 bridgehead atoms. The first-order valence-corrected chi connectivity index (χ1v) is 12.8. The maximum absolute atomic E-state index is 14.8. The number of anilines is 1. The minimum atomic E-state index is -0.0935. The molecule has 5 aromatic rings. The molecule has 1 saturated heterocycles. The summed E-state index contributed by atoms with van der Waals surface area (Å²) in [6, 6.07) is 16.5. The number of piperidine rings is 1. The molecule has 3 aromatic heterocycles. The van der Waals surface area contributed by atoms with Crippen molar-refractivity contribution in [2.75, 3.05) is 18.0 Å². The van der Waals surface area contributed by atoms with Crippen molar-refractivity contribution in [1.82, 2.24) is 24.7 Å². The minimum absolute atomic E-state index is 0.0509. The van der Waals surface area contributed by atoms with Gasteiger partial charge in [0.25, 0.3) is 5.56 Å². The highest BCUT2D eigenvalue weighted by Gasteiger charge is 2.65. The topological polar surface area (TPSA) is 79.7 Å². The SMILES string of the molecule is CC[C@]1(c2ccccc2F)[C@@H]2CCN(c3cnc4c(-c5cccc6c5ccc(=O)n6C)[nH]nc4n3)C[C@@H]21. The molecule has 0 radical (unpaired) electrons. The Morgan fingerprint density at radius 2 is 1.97 bits per heavy atom. The van der Waals surface area contributed by atoms with E-state index in [9.17, 15) is 9.18 Å². The van der Waals surface area contributed by atoms with Gasteiger partial charge >= 0.3 is 0 Å². The van der Waals surface area contributed by atoms with Crippen LogP contribution in [0.3, 0.4) is 0 Å². The highest BCUT2D eigenvalue weighted by atomic mass is 19.1. The lowest BCUT2D eigenvalue weighted by molar-refractivity contribution is 0.516. The van der Waals surface area contributed by atoms with E-state index in [1.54, 1.807) is 29.8 Å². The highest BCUT2D eigenvalue weighted by molar-refractivity contribution is 6.00. The molecule has 2 aromatic carbocycles. The number of rotatable bonds is 4. The summed E-state index contributed by atoms with van der Waals surface area (Å²) in [4.78, 5) is 24.0. The zero-order valence-electron chi connectivity index (χ0n) is 20.8. The molecule has 4 heterocycles. The average molecular weight is 495 g/mol. The predicted octanol–water partition coefficient (Wildman–Crippen LogP) is 4.82. The Bertz CT molecular complexity index is 1740. The standard InChI is InChI=1S/C29H27FN6O/c1-3-29(20-8-4-5-9-22(20)30)19-13-14-36(16-21(19)29)24-15-31-27-26(33-34-28(27)32-24)18-7-6-10-23-17(18)11-12-25(37)35(23)2/h4-12,15,19,21H,3,13-14,16H2,1-2H3,(H,32,33,34)/t19-,21+,29-/m1/s1. The Labute approximate surface area is 213 Å². The van der Waals surface area contributed by atoms with Gasteiger partial charge in [-0.25, -0.2) is 14.4 Å². The molecule has 186 valence electrons. The van der Waals surface area contributed by atoms with Gasteiger partial charge in [-0.2, -0.15) is 5.10 Å². The van der Waals surface area contributed by atoms with Crippen LogP contribution in [0.25, 0.3) is 33.3 Å². The summed E-state index contributed by atoms with van der Waals surface area (Å²) in [5, 5.41) is 8.56. The first-order chi connectivity index (χ1) is 18.0. The number of aryl methyl sites for hydroxylation is 1. The maximum Gasteiger partial charge on any atom is 0.250 e. The van der Waals surface area contributed by atoms with Crippen LogP contribution in [0, 0.1) is 17.7 Å². The monoisotopic (exact) mass is 494 g/mol. The third-order valence-electron chi connectivity index (χ3n) is 8.80. The van der Waals surface area contributed by atoms with Gasteiger partial charge in [-0.15, -0.1) is 0 Å². The summed E-state index contributed by atoms with van der Waals surface area (Å²) in [5.74, 6) is 1.61. The summed E-state index contributed by atoms with van der Waals surface area (Å²) in [5.41, 5.74) is 4.52.